The quantitative estimate of drug-likeness (QED) is 0.915. The van der Waals surface area contributed by atoms with Gasteiger partial charge in [0.2, 0.25) is 10.0 Å². The number of nitrogens with zero attached hydrogens (tertiary/aromatic N) is 2. The summed E-state index contributed by atoms with van der Waals surface area (Å²) in [7, 11) is -3.40. The van der Waals surface area contributed by atoms with Gasteiger partial charge in [0.15, 0.2) is 0 Å². The maximum Gasteiger partial charge on any atom is 0.250 e. The van der Waals surface area contributed by atoms with Crippen molar-refractivity contribution in [3.05, 3.63) is 27.5 Å². The standard InChI is InChI=1S/C8H9N3O2S3/c1-6-10-11-7(15-6)5-9-16(12,13)8-3-2-4-14-8/h2-4,9H,5H2,1H3. The van der Waals surface area contributed by atoms with E-state index in [4.69, 9.17) is 0 Å². The number of nitrogens with one attached hydrogen (secondary N) is 1. The van der Waals surface area contributed by atoms with Crippen LogP contribution < -0.4 is 4.72 Å². The molecule has 0 atom stereocenters. The van der Waals surface area contributed by atoms with Gasteiger partial charge in [0, 0.05) is 0 Å². The second-order valence-electron chi connectivity index (χ2n) is 2.97. The van der Waals surface area contributed by atoms with Gasteiger partial charge in [-0.1, -0.05) is 6.07 Å². The summed E-state index contributed by atoms with van der Waals surface area (Å²) in [4.78, 5) is 0. The summed E-state index contributed by atoms with van der Waals surface area (Å²) in [6.45, 7) is 2.01. The van der Waals surface area contributed by atoms with Crippen LogP contribution in [0.1, 0.15) is 10.0 Å². The van der Waals surface area contributed by atoms with E-state index in [1.54, 1.807) is 17.5 Å². The summed E-state index contributed by atoms with van der Waals surface area (Å²) < 4.78 is 26.3. The van der Waals surface area contributed by atoms with Crippen LogP contribution in [-0.2, 0) is 16.6 Å². The first kappa shape index (κ1) is 11.6. The van der Waals surface area contributed by atoms with Crippen molar-refractivity contribution < 1.29 is 8.42 Å². The highest BCUT2D eigenvalue weighted by Crippen LogP contribution is 2.16. The molecule has 8 heteroatoms. The SMILES string of the molecule is Cc1nnc(CNS(=O)(=O)c2cccs2)s1. The first-order valence-corrected chi connectivity index (χ1v) is 7.58. The molecule has 0 amide bonds. The van der Waals surface area contributed by atoms with Crippen LogP contribution in [0.5, 0.6) is 0 Å². The van der Waals surface area contributed by atoms with Gasteiger partial charge in [-0.15, -0.1) is 32.9 Å². The zero-order valence-corrected chi connectivity index (χ0v) is 10.8. The van der Waals surface area contributed by atoms with Gasteiger partial charge in [0.25, 0.3) is 0 Å². The van der Waals surface area contributed by atoms with Crippen LogP contribution >= 0.6 is 22.7 Å². The second-order valence-corrected chi connectivity index (χ2v) is 7.18. The van der Waals surface area contributed by atoms with E-state index in [1.807, 2.05) is 6.92 Å². The molecule has 1 N–H and O–H groups in total. The largest absolute Gasteiger partial charge is 0.250 e. The number of aryl methyl sites for hydroxylation is 1. The lowest BCUT2D eigenvalue weighted by molar-refractivity contribution is 0.583. The van der Waals surface area contributed by atoms with Crippen LogP contribution in [0.4, 0.5) is 0 Å². The predicted octanol–water partition coefficient (Wildman–Crippen LogP) is 1.39. The third-order valence-electron chi connectivity index (χ3n) is 1.74. The fourth-order valence-corrected chi connectivity index (χ4v) is 3.82. The van der Waals surface area contributed by atoms with Crippen LogP contribution in [0, 0.1) is 6.92 Å². The Bertz CT molecular complexity index is 559. The smallest absolute Gasteiger partial charge is 0.206 e. The molecule has 5 nitrogen and oxygen atoms in total. The normalized spacial score (nSPS) is 11.8. The molecule has 0 aliphatic heterocycles. The van der Waals surface area contributed by atoms with Gasteiger partial charge in [-0.05, 0) is 18.4 Å². The van der Waals surface area contributed by atoms with Crippen molar-refractivity contribution in [2.45, 2.75) is 17.7 Å². The van der Waals surface area contributed by atoms with Crippen LogP contribution in [-0.4, -0.2) is 18.6 Å². The lowest BCUT2D eigenvalue weighted by atomic mass is 10.7. The number of hydrogen-bond donors (Lipinski definition) is 1. The average molecular weight is 275 g/mol. The molecule has 2 aromatic rings. The van der Waals surface area contributed by atoms with Gasteiger partial charge in [0.05, 0.1) is 6.54 Å². The van der Waals surface area contributed by atoms with Gasteiger partial charge in [-0.2, -0.15) is 0 Å². The number of rotatable bonds is 4. The van der Waals surface area contributed by atoms with Crippen molar-refractivity contribution in [2.24, 2.45) is 0 Å². The topological polar surface area (TPSA) is 72.0 Å². The van der Waals surface area contributed by atoms with Crippen LogP contribution in [0.25, 0.3) is 0 Å². The van der Waals surface area contributed by atoms with Gasteiger partial charge in [0.1, 0.15) is 14.2 Å². The summed E-state index contributed by atoms with van der Waals surface area (Å²) in [5, 5.41) is 10.9. The molecular formula is C8H9N3O2S3. The molecule has 0 radical (unpaired) electrons. The van der Waals surface area contributed by atoms with Crippen molar-refractivity contribution >= 4 is 32.7 Å². The van der Waals surface area contributed by atoms with Gasteiger partial charge < -0.3 is 0 Å². The van der Waals surface area contributed by atoms with Crippen molar-refractivity contribution in [3.63, 3.8) is 0 Å². The average Bonchev–Trinajstić information content (AvgIpc) is 2.85. The molecule has 0 spiro atoms. The van der Waals surface area contributed by atoms with Crippen LogP contribution in [0.2, 0.25) is 0 Å². The first-order valence-electron chi connectivity index (χ1n) is 4.40. The Morgan fingerprint density at radius 3 is 2.81 bits per heavy atom. The number of thiophene rings is 1. The van der Waals surface area contributed by atoms with E-state index in [9.17, 15) is 8.42 Å². The summed E-state index contributed by atoms with van der Waals surface area (Å²) in [6, 6.07) is 3.27. The summed E-state index contributed by atoms with van der Waals surface area (Å²) >= 11 is 2.57. The molecule has 2 heterocycles. The molecule has 0 unspecified atom stereocenters. The van der Waals surface area contributed by atoms with E-state index in [-0.39, 0.29) is 6.54 Å². The molecule has 16 heavy (non-hydrogen) atoms. The van der Waals surface area contributed by atoms with Crippen LogP contribution in [0.15, 0.2) is 21.7 Å². The number of sulfonamides is 1. The van der Waals surface area contributed by atoms with E-state index >= 15 is 0 Å². The molecule has 0 aromatic carbocycles. The van der Waals surface area contributed by atoms with Gasteiger partial charge in [-0.25, -0.2) is 13.1 Å². The molecular weight excluding hydrogens is 266 g/mol. The van der Waals surface area contributed by atoms with E-state index < -0.39 is 10.0 Å². The Labute approximate surface area is 101 Å². The highest BCUT2D eigenvalue weighted by Gasteiger charge is 2.15. The molecule has 2 rings (SSSR count). The molecule has 0 aliphatic carbocycles. The van der Waals surface area contributed by atoms with Crippen LogP contribution in [0.3, 0.4) is 0 Å². The highest BCUT2D eigenvalue weighted by atomic mass is 32.2. The minimum atomic E-state index is -3.40. The molecule has 0 aliphatic rings. The molecule has 0 bridgehead atoms. The Balaban J connectivity index is 2.06. The first-order chi connectivity index (χ1) is 7.58. The van der Waals surface area contributed by atoms with E-state index in [0.717, 1.165) is 5.01 Å². The zero-order valence-electron chi connectivity index (χ0n) is 8.37. The molecule has 86 valence electrons. The van der Waals surface area contributed by atoms with E-state index in [1.165, 1.54) is 22.7 Å². The minimum Gasteiger partial charge on any atom is -0.206 e. The Morgan fingerprint density at radius 1 is 1.44 bits per heavy atom. The summed E-state index contributed by atoms with van der Waals surface area (Å²) in [6.07, 6.45) is 0. The zero-order chi connectivity index (χ0) is 11.6. The number of hydrogen-bond acceptors (Lipinski definition) is 6. The number of aromatic nitrogens is 2. The minimum absolute atomic E-state index is 0.186. The van der Waals surface area contributed by atoms with Crippen molar-refractivity contribution in [3.8, 4) is 0 Å². The lowest BCUT2D eigenvalue weighted by Crippen LogP contribution is -2.22. The summed E-state index contributed by atoms with van der Waals surface area (Å²) in [5.74, 6) is 0. The summed E-state index contributed by atoms with van der Waals surface area (Å²) in [5.41, 5.74) is 0. The fraction of sp³-hybridized carbons (Fsp3) is 0.250. The Morgan fingerprint density at radius 2 is 2.25 bits per heavy atom. The van der Waals surface area contributed by atoms with Gasteiger partial charge >= 0.3 is 0 Å². The maximum atomic E-state index is 11.7. The fourth-order valence-electron chi connectivity index (χ4n) is 1.05. The maximum absolute atomic E-state index is 11.7. The molecule has 0 saturated heterocycles. The Kier molecular flexibility index (Phi) is 3.33. The predicted molar refractivity (Wildman–Crippen MR) is 63.0 cm³/mol. The highest BCUT2D eigenvalue weighted by molar-refractivity contribution is 7.91. The monoisotopic (exact) mass is 275 g/mol. The molecule has 0 saturated carbocycles. The molecule has 0 fully saturated rings. The third kappa shape index (κ3) is 2.64. The van der Waals surface area contributed by atoms with E-state index in [2.05, 4.69) is 14.9 Å². The van der Waals surface area contributed by atoms with Gasteiger partial charge in [-0.3, -0.25) is 0 Å². The van der Waals surface area contributed by atoms with Crippen molar-refractivity contribution in [1.82, 2.24) is 14.9 Å². The lowest BCUT2D eigenvalue weighted by Gasteiger charge is -2.01. The van der Waals surface area contributed by atoms with E-state index in [0.29, 0.717) is 9.22 Å². The van der Waals surface area contributed by atoms with Crippen molar-refractivity contribution in [2.75, 3.05) is 0 Å². The third-order valence-corrected chi connectivity index (χ3v) is 5.38. The molecule has 2 aromatic heterocycles. The van der Waals surface area contributed by atoms with Crippen molar-refractivity contribution in [1.29, 1.82) is 0 Å². The second kappa shape index (κ2) is 4.58. The Hall–Kier alpha value is -0.830.